The van der Waals surface area contributed by atoms with Crippen LogP contribution in [0.1, 0.15) is 124 Å². The molecule has 0 saturated carbocycles. The van der Waals surface area contributed by atoms with Gasteiger partial charge >= 0.3 is 19.0 Å². The summed E-state index contributed by atoms with van der Waals surface area (Å²) >= 11 is 0. The molecular formula is C26H50O5P+. The summed E-state index contributed by atoms with van der Waals surface area (Å²) in [5.74, 6) is 0. The molecule has 0 aliphatic heterocycles. The molecule has 188 valence electrons. The number of hydrogen-bond donors (Lipinski definition) is 0. The lowest BCUT2D eigenvalue weighted by molar-refractivity contribution is -0.323. The normalized spacial score (nSPS) is 12.2. The number of allylic oxidation sites excluding steroid dienone is 1. The molecule has 0 saturated heterocycles. The molecule has 1 unspecified atom stereocenters. The fraction of sp³-hybridized carbons (Fsp3) is 0.885. The van der Waals surface area contributed by atoms with Crippen LogP contribution in [0.3, 0.4) is 0 Å². The molecule has 6 heteroatoms. The van der Waals surface area contributed by atoms with Crippen molar-refractivity contribution in [3.8, 4) is 0 Å². The highest BCUT2D eigenvalue weighted by Crippen LogP contribution is 2.45. The van der Waals surface area contributed by atoms with Crippen LogP contribution in [-0.2, 0) is 23.6 Å². The van der Waals surface area contributed by atoms with Gasteiger partial charge in [-0.05, 0) is 26.2 Å². The molecule has 0 bridgehead atoms. The summed E-state index contributed by atoms with van der Waals surface area (Å²) in [6, 6.07) is 0. The molecule has 0 radical (unpaired) electrons. The topological polar surface area (TPSA) is 61.8 Å². The van der Waals surface area contributed by atoms with E-state index in [1.807, 2.05) is 0 Å². The zero-order valence-electron chi connectivity index (χ0n) is 21.4. The van der Waals surface area contributed by atoms with Gasteiger partial charge in [0.15, 0.2) is 0 Å². The van der Waals surface area contributed by atoms with Gasteiger partial charge in [-0.25, -0.2) is 4.79 Å². The van der Waals surface area contributed by atoms with Crippen molar-refractivity contribution in [2.45, 2.75) is 130 Å². The Hall–Kier alpha value is -0.610. The highest BCUT2D eigenvalue weighted by molar-refractivity contribution is 7.65. The minimum Gasteiger partial charge on any atom is -0.285 e. The quantitative estimate of drug-likeness (QED) is 0.0608. The molecule has 0 N–H and O–H groups in total. The Bertz CT molecular complexity index is 466. The summed E-state index contributed by atoms with van der Waals surface area (Å²) < 4.78 is 31.3. The van der Waals surface area contributed by atoms with Crippen molar-refractivity contribution in [3.05, 3.63) is 12.2 Å². The predicted octanol–water partition coefficient (Wildman–Crippen LogP) is 8.49. The summed E-state index contributed by atoms with van der Waals surface area (Å²) in [6.07, 6.45) is 16.1. The Kier molecular flexibility index (Phi) is 20.6. The maximum absolute atomic E-state index is 13.3. The largest absolute Gasteiger partial charge is 0.520 e. The molecule has 0 aromatic heterocycles. The van der Waals surface area contributed by atoms with Crippen LogP contribution >= 0.6 is 7.80 Å². The van der Waals surface area contributed by atoms with Gasteiger partial charge in [-0.2, -0.15) is 0 Å². The van der Waals surface area contributed by atoms with E-state index in [0.717, 1.165) is 57.8 Å². The molecule has 0 aromatic carbocycles. The number of carbonyl (C=O) groups is 1. The molecule has 0 rings (SSSR count). The first-order chi connectivity index (χ1) is 15.4. The zero-order valence-corrected chi connectivity index (χ0v) is 22.3. The maximum atomic E-state index is 13.3. The lowest BCUT2D eigenvalue weighted by Crippen LogP contribution is -2.38. The monoisotopic (exact) mass is 473 g/mol. The second kappa shape index (κ2) is 21.0. The van der Waals surface area contributed by atoms with E-state index in [9.17, 15) is 9.36 Å². The van der Waals surface area contributed by atoms with E-state index < -0.39 is 19.0 Å². The highest BCUT2D eigenvalue weighted by atomic mass is 31.1. The number of carbonyl (C=O) groups excluding carboxylic acids is 1. The van der Waals surface area contributed by atoms with Gasteiger partial charge in [0.05, 0.1) is 19.8 Å². The fourth-order valence-electron chi connectivity index (χ4n) is 3.32. The lowest BCUT2D eigenvalue weighted by atomic mass is 10.2. The number of ether oxygens (including phenoxy) is 3. The molecule has 5 nitrogen and oxygen atoms in total. The number of rotatable bonds is 24. The number of hydrogen-bond acceptors (Lipinski definition) is 5. The van der Waals surface area contributed by atoms with E-state index >= 15 is 0 Å². The maximum Gasteiger partial charge on any atom is 0.520 e. The summed E-state index contributed by atoms with van der Waals surface area (Å²) in [5, 5.41) is 0. The first kappa shape index (κ1) is 31.4. The Morgan fingerprint density at radius 1 is 0.656 bits per heavy atom. The molecule has 0 aliphatic rings. The van der Waals surface area contributed by atoms with Crippen molar-refractivity contribution >= 4 is 13.3 Å². The zero-order chi connectivity index (χ0) is 24.1. The van der Waals surface area contributed by atoms with Crippen LogP contribution in [-0.4, -0.2) is 31.1 Å². The van der Waals surface area contributed by atoms with E-state index in [1.165, 1.54) is 38.5 Å². The highest BCUT2D eigenvalue weighted by Gasteiger charge is 2.59. The standard InChI is InChI=1S/C26H50O5P/c1-6-9-12-15-18-21-29-26(32(28)25(27)24(4)5,30-22-19-16-13-10-7-2)31-23-20-17-14-11-8-3/h4,6-23H2,1-3,5H3/q+1. The summed E-state index contributed by atoms with van der Waals surface area (Å²) in [5.41, 5.74) is -2.10. The van der Waals surface area contributed by atoms with E-state index in [0.29, 0.717) is 19.8 Å². The van der Waals surface area contributed by atoms with Crippen LogP contribution in [0, 0.1) is 0 Å². The van der Waals surface area contributed by atoms with Crippen molar-refractivity contribution in [3.63, 3.8) is 0 Å². The molecule has 0 spiro atoms. The summed E-state index contributed by atoms with van der Waals surface area (Å²) in [4.78, 5) is 12.6. The lowest BCUT2D eigenvalue weighted by Gasteiger charge is -2.23. The van der Waals surface area contributed by atoms with Crippen LogP contribution in [0.15, 0.2) is 12.2 Å². The average molecular weight is 474 g/mol. The summed E-state index contributed by atoms with van der Waals surface area (Å²) in [6.45, 7) is 12.9. The second-order valence-corrected chi connectivity index (χ2v) is 10.2. The van der Waals surface area contributed by atoms with Gasteiger partial charge in [-0.15, -0.1) is 0 Å². The fourth-order valence-corrected chi connectivity index (χ4v) is 4.54. The van der Waals surface area contributed by atoms with Gasteiger partial charge in [-0.1, -0.05) is 109 Å². The van der Waals surface area contributed by atoms with E-state index in [2.05, 4.69) is 27.4 Å². The minimum absolute atomic E-state index is 0.236. The van der Waals surface area contributed by atoms with Gasteiger partial charge < -0.3 is 0 Å². The molecule has 0 aromatic rings. The SMILES string of the molecule is C=C(C)C(=O)[P+](=O)C(OCCCCCCC)(OCCCCCCC)OCCCCCCC. The van der Waals surface area contributed by atoms with Crippen molar-refractivity contribution in [2.24, 2.45) is 0 Å². The van der Waals surface area contributed by atoms with Crippen LogP contribution in [0.4, 0.5) is 0 Å². The van der Waals surface area contributed by atoms with Gasteiger partial charge in [0.25, 0.3) is 0 Å². The molecule has 0 heterocycles. The van der Waals surface area contributed by atoms with Crippen molar-refractivity contribution in [1.82, 2.24) is 0 Å². The molecular weight excluding hydrogens is 423 g/mol. The van der Waals surface area contributed by atoms with Gasteiger partial charge in [0, 0.05) is 5.57 Å². The van der Waals surface area contributed by atoms with Crippen molar-refractivity contribution in [2.75, 3.05) is 19.8 Å². The summed E-state index contributed by atoms with van der Waals surface area (Å²) in [7, 11) is -2.57. The predicted molar refractivity (Wildman–Crippen MR) is 134 cm³/mol. The van der Waals surface area contributed by atoms with Crippen molar-refractivity contribution in [1.29, 1.82) is 0 Å². The van der Waals surface area contributed by atoms with Crippen LogP contribution in [0.25, 0.3) is 0 Å². The third-order valence-corrected chi connectivity index (χ3v) is 7.03. The molecule has 1 atom stereocenters. The van der Waals surface area contributed by atoms with Crippen molar-refractivity contribution < 1.29 is 23.6 Å². The van der Waals surface area contributed by atoms with E-state index in [1.54, 1.807) is 6.92 Å². The van der Waals surface area contributed by atoms with Crippen LogP contribution < -0.4 is 0 Å². The van der Waals surface area contributed by atoms with Crippen LogP contribution in [0.2, 0.25) is 0 Å². The Morgan fingerprint density at radius 3 is 1.25 bits per heavy atom. The number of unbranched alkanes of at least 4 members (excludes halogenated alkanes) is 12. The minimum atomic E-state index is -2.57. The Balaban J connectivity index is 5.15. The molecule has 32 heavy (non-hydrogen) atoms. The Morgan fingerprint density at radius 2 is 0.969 bits per heavy atom. The Labute approximate surface area is 198 Å². The smallest absolute Gasteiger partial charge is 0.285 e. The third kappa shape index (κ3) is 14.5. The van der Waals surface area contributed by atoms with Gasteiger partial charge in [0.2, 0.25) is 0 Å². The van der Waals surface area contributed by atoms with Gasteiger partial charge in [0.1, 0.15) is 0 Å². The van der Waals surface area contributed by atoms with E-state index in [-0.39, 0.29) is 5.57 Å². The first-order valence-electron chi connectivity index (χ1n) is 13.0. The first-order valence-corrected chi connectivity index (χ1v) is 14.3. The molecule has 0 aliphatic carbocycles. The molecule has 0 amide bonds. The van der Waals surface area contributed by atoms with E-state index in [4.69, 9.17) is 14.2 Å². The molecule has 0 fully saturated rings. The van der Waals surface area contributed by atoms with Gasteiger partial charge in [-0.3, -0.25) is 14.2 Å². The average Bonchev–Trinajstić information content (AvgIpc) is 2.79. The third-order valence-electron chi connectivity index (χ3n) is 5.40. The second-order valence-electron chi connectivity index (χ2n) is 8.69. The van der Waals surface area contributed by atoms with Crippen LogP contribution in [0.5, 0.6) is 0 Å².